The van der Waals surface area contributed by atoms with Crippen molar-refractivity contribution in [2.24, 2.45) is 0 Å². The highest BCUT2D eigenvalue weighted by Gasteiger charge is 2.03. The number of aryl methyl sites for hydroxylation is 1. The van der Waals surface area contributed by atoms with E-state index in [2.05, 4.69) is 20.3 Å². The maximum absolute atomic E-state index is 11.3. The first-order valence-electron chi connectivity index (χ1n) is 5.20. The summed E-state index contributed by atoms with van der Waals surface area (Å²) < 4.78 is 2.60. The maximum Gasteiger partial charge on any atom is 0.266 e. The number of hydrogen-bond acceptors (Lipinski definition) is 4. The minimum atomic E-state index is -0.113. The van der Waals surface area contributed by atoms with E-state index in [-0.39, 0.29) is 5.56 Å². The first-order chi connectivity index (χ1) is 8.27. The van der Waals surface area contributed by atoms with Crippen molar-refractivity contribution < 1.29 is 0 Å². The van der Waals surface area contributed by atoms with Crippen LogP contribution in [0.5, 0.6) is 0 Å². The number of hydrogen-bond donors (Lipinski definition) is 2. The quantitative estimate of drug-likeness (QED) is 0.628. The fraction of sp³-hybridized carbons (Fsp3) is 0.300. The van der Waals surface area contributed by atoms with Crippen molar-refractivity contribution in [2.75, 3.05) is 11.9 Å². The second-order valence-corrected chi connectivity index (χ2v) is 4.55. The summed E-state index contributed by atoms with van der Waals surface area (Å²) in [6.45, 7) is 1.66. The van der Waals surface area contributed by atoms with Crippen LogP contribution >= 0.6 is 22.6 Å². The van der Waals surface area contributed by atoms with Gasteiger partial charge in [0.1, 0.15) is 9.39 Å². The van der Waals surface area contributed by atoms with E-state index >= 15 is 0 Å². The van der Waals surface area contributed by atoms with Gasteiger partial charge in [-0.15, -0.1) is 0 Å². The van der Waals surface area contributed by atoms with Gasteiger partial charge in [0.05, 0.1) is 12.7 Å². The minimum Gasteiger partial charge on any atom is -0.369 e. The van der Waals surface area contributed by atoms with Crippen molar-refractivity contribution >= 4 is 28.4 Å². The first kappa shape index (κ1) is 12.1. The van der Waals surface area contributed by atoms with Crippen LogP contribution in [0.15, 0.2) is 29.8 Å². The minimum absolute atomic E-state index is 0.113. The highest BCUT2D eigenvalue weighted by Crippen LogP contribution is 2.08. The van der Waals surface area contributed by atoms with E-state index < -0.39 is 0 Å². The van der Waals surface area contributed by atoms with Crippen molar-refractivity contribution in [3.8, 4) is 0 Å². The Hall–Kier alpha value is -1.38. The smallest absolute Gasteiger partial charge is 0.266 e. The number of anilines is 1. The summed E-state index contributed by atoms with van der Waals surface area (Å²) >= 11 is 1.98. The number of nitrogens with zero attached hydrogens (tertiary/aromatic N) is 3. The summed E-state index contributed by atoms with van der Waals surface area (Å²) in [5, 5.41) is 3.14. The molecule has 0 radical (unpaired) electrons. The molecule has 2 aromatic rings. The highest BCUT2D eigenvalue weighted by atomic mass is 127. The van der Waals surface area contributed by atoms with E-state index in [0.29, 0.717) is 9.39 Å². The van der Waals surface area contributed by atoms with Gasteiger partial charge in [0.15, 0.2) is 0 Å². The van der Waals surface area contributed by atoms with E-state index in [1.54, 1.807) is 12.5 Å². The molecule has 0 fully saturated rings. The Morgan fingerprint density at radius 3 is 3.18 bits per heavy atom. The van der Waals surface area contributed by atoms with E-state index in [1.165, 1.54) is 6.33 Å². The molecule has 6 nitrogen and oxygen atoms in total. The lowest BCUT2D eigenvalue weighted by molar-refractivity contribution is 0.660. The molecule has 2 aromatic heterocycles. The van der Waals surface area contributed by atoms with Crippen LogP contribution in [0.25, 0.3) is 0 Å². The van der Waals surface area contributed by atoms with Crippen molar-refractivity contribution in [1.29, 1.82) is 0 Å². The zero-order valence-corrected chi connectivity index (χ0v) is 11.2. The van der Waals surface area contributed by atoms with Gasteiger partial charge in [0, 0.05) is 25.5 Å². The summed E-state index contributed by atoms with van der Waals surface area (Å²) in [5.41, 5.74) is -0.113. The number of nitrogens with one attached hydrogen (secondary N) is 2. The average molecular weight is 345 g/mol. The summed E-state index contributed by atoms with van der Waals surface area (Å²) in [4.78, 5) is 21.9. The number of H-pyrrole nitrogens is 1. The Morgan fingerprint density at radius 2 is 2.41 bits per heavy atom. The lowest BCUT2D eigenvalue weighted by atomic mass is 10.4. The van der Waals surface area contributed by atoms with Gasteiger partial charge in [-0.3, -0.25) is 4.79 Å². The van der Waals surface area contributed by atoms with Crippen LogP contribution in [-0.4, -0.2) is 26.1 Å². The summed E-state index contributed by atoms with van der Waals surface area (Å²) in [5.74, 6) is 0.639. The number of aromatic nitrogens is 4. The largest absolute Gasteiger partial charge is 0.369 e. The Morgan fingerprint density at radius 1 is 1.53 bits per heavy atom. The number of rotatable bonds is 5. The molecule has 0 unspecified atom stereocenters. The molecule has 7 heteroatoms. The molecule has 0 aliphatic carbocycles. The predicted molar refractivity (Wildman–Crippen MR) is 72.9 cm³/mol. The van der Waals surface area contributed by atoms with Crippen LogP contribution < -0.4 is 10.9 Å². The number of aromatic amines is 1. The molecule has 0 amide bonds. The van der Waals surface area contributed by atoms with E-state index in [0.717, 1.165) is 19.5 Å². The van der Waals surface area contributed by atoms with Crippen LogP contribution in [0.4, 0.5) is 5.82 Å². The third-order valence-corrected chi connectivity index (χ3v) is 3.24. The van der Waals surface area contributed by atoms with Crippen molar-refractivity contribution in [3.63, 3.8) is 0 Å². The fourth-order valence-corrected chi connectivity index (χ4v) is 1.88. The predicted octanol–water partition coefficient (Wildman–Crippen LogP) is 1.07. The Kier molecular flexibility index (Phi) is 4.13. The molecule has 0 atom stereocenters. The average Bonchev–Trinajstić information content (AvgIpc) is 2.83. The lowest BCUT2D eigenvalue weighted by Crippen LogP contribution is -2.15. The molecule has 90 valence electrons. The van der Waals surface area contributed by atoms with Crippen LogP contribution in [0, 0.1) is 3.57 Å². The second kappa shape index (κ2) is 5.80. The van der Waals surface area contributed by atoms with Crippen LogP contribution in [0.2, 0.25) is 0 Å². The monoisotopic (exact) mass is 345 g/mol. The molecular weight excluding hydrogens is 333 g/mol. The van der Waals surface area contributed by atoms with Gasteiger partial charge >= 0.3 is 0 Å². The maximum atomic E-state index is 11.3. The third kappa shape index (κ3) is 3.29. The second-order valence-electron chi connectivity index (χ2n) is 3.48. The SMILES string of the molecule is O=c1[nH]cnc(NCCCn2ccnc2)c1I. The molecular formula is C10H12IN5O. The van der Waals surface area contributed by atoms with Crippen LogP contribution in [-0.2, 0) is 6.54 Å². The summed E-state index contributed by atoms with van der Waals surface area (Å²) in [6, 6.07) is 0. The van der Waals surface area contributed by atoms with E-state index in [9.17, 15) is 4.79 Å². The van der Waals surface area contributed by atoms with Gasteiger partial charge in [0.2, 0.25) is 0 Å². The zero-order chi connectivity index (χ0) is 12.1. The molecule has 0 spiro atoms. The molecule has 2 heterocycles. The molecule has 0 saturated heterocycles. The Balaban J connectivity index is 1.82. The molecule has 0 aliphatic heterocycles. The van der Waals surface area contributed by atoms with Gasteiger partial charge < -0.3 is 14.9 Å². The van der Waals surface area contributed by atoms with Crippen molar-refractivity contribution in [2.45, 2.75) is 13.0 Å². The van der Waals surface area contributed by atoms with Gasteiger partial charge in [0.25, 0.3) is 5.56 Å². The summed E-state index contributed by atoms with van der Waals surface area (Å²) in [6.07, 6.45) is 7.82. The van der Waals surface area contributed by atoms with Gasteiger partial charge in [-0.05, 0) is 29.0 Å². The molecule has 0 saturated carbocycles. The standard InChI is InChI=1S/C10H12IN5O/c11-8-9(14-6-15-10(8)17)13-2-1-4-16-5-3-12-7-16/h3,5-7H,1-2,4H2,(H2,13,14,15,17). The van der Waals surface area contributed by atoms with Gasteiger partial charge in [-0.1, -0.05) is 0 Å². The topological polar surface area (TPSA) is 75.6 Å². The fourth-order valence-electron chi connectivity index (χ4n) is 1.39. The van der Waals surface area contributed by atoms with E-state index in [1.807, 2.05) is 33.4 Å². The molecule has 2 rings (SSSR count). The third-order valence-electron chi connectivity index (χ3n) is 2.24. The highest BCUT2D eigenvalue weighted by molar-refractivity contribution is 14.1. The zero-order valence-electron chi connectivity index (χ0n) is 9.06. The summed E-state index contributed by atoms with van der Waals surface area (Å²) in [7, 11) is 0. The van der Waals surface area contributed by atoms with Crippen molar-refractivity contribution in [1.82, 2.24) is 19.5 Å². The molecule has 0 aromatic carbocycles. The molecule has 2 N–H and O–H groups in total. The van der Waals surface area contributed by atoms with Crippen LogP contribution in [0.3, 0.4) is 0 Å². The molecule has 0 bridgehead atoms. The lowest BCUT2D eigenvalue weighted by Gasteiger charge is -2.06. The normalized spacial score (nSPS) is 10.4. The Bertz CT molecular complexity index is 522. The van der Waals surface area contributed by atoms with Gasteiger partial charge in [-0.2, -0.15) is 0 Å². The van der Waals surface area contributed by atoms with Gasteiger partial charge in [-0.25, -0.2) is 9.97 Å². The van der Waals surface area contributed by atoms with Crippen LogP contribution in [0.1, 0.15) is 6.42 Å². The molecule has 17 heavy (non-hydrogen) atoms. The number of imidazole rings is 1. The first-order valence-corrected chi connectivity index (χ1v) is 6.28. The molecule has 0 aliphatic rings. The Labute approximate surface area is 112 Å². The number of halogens is 1. The van der Waals surface area contributed by atoms with Crippen molar-refractivity contribution in [3.05, 3.63) is 39.0 Å². The van der Waals surface area contributed by atoms with E-state index in [4.69, 9.17) is 0 Å².